The first-order valence-electron chi connectivity index (χ1n) is 9.02. The van der Waals surface area contributed by atoms with Gasteiger partial charge in [0.05, 0.1) is 18.2 Å². The molecule has 2 aromatic rings. The van der Waals surface area contributed by atoms with E-state index in [0.717, 1.165) is 38.9 Å². The summed E-state index contributed by atoms with van der Waals surface area (Å²) in [5.74, 6) is -0.0418. The number of esters is 1. The summed E-state index contributed by atoms with van der Waals surface area (Å²) < 4.78 is 7.27. The highest BCUT2D eigenvalue weighted by Crippen LogP contribution is 2.37. The average Bonchev–Trinajstić information content (AvgIpc) is 3.03. The number of carbonyl (C=O) groups is 1. The second-order valence-electron chi connectivity index (χ2n) is 6.96. The number of ether oxygens (including phenoxy) is 1. The molecule has 134 valence electrons. The minimum absolute atomic E-state index is 0.0418. The van der Waals surface area contributed by atoms with Gasteiger partial charge in [0.25, 0.3) is 0 Å². The summed E-state index contributed by atoms with van der Waals surface area (Å²) >= 11 is 0. The van der Waals surface area contributed by atoms with Crippen LogP contribution in [0.1, 0.15) is 30.9 Å². The van der Waals surface area contributed by atoms with E-state index >= 15 is 0 Å². The summed E-state index contributed by atoms with van der Waals surface area (Å²) in [5.41, 5.74) is 2.02. The fraction of sp³-hybridized carbons (Fsp3) is 0.500. The molecule has 0 saturated carbocycles. The van der Waals surface area contributed by atoms with Crippen LogP contribution in [0.4, 0.5) is 0 Å². The van der Waals surface area contributed by atoms with Gasteiger partial charge in [-0.05, 0) is 44.8 Å². The summed E-state index contributed by atoms with van der Waals surface area (Å²) in [4.78, 5) is 15.1. The Morgan fingerprint density at radius 2 is 1.92 bits per heavy atom. The second kappa shape index (κ2) is 7.83. The lowest BCUT2D eigenvalue weighted by Gasteiger charge is -2.40. The van der Waals surface area contributed by atoms with Gasteiger partial charge in [-0.25, -0.2) is 0 Å². The van der Waals surface area contributed by atoms with Gasteiger partial charge < -0.3 is 4.74 Å². The molecule has 1 fully saturated rings. The molecule has 1 aromatic heterocycles. The van der Waals surface area contributed by atoms with E-state index in [1.807, 2.05) is 43.0 Å². The van der Waals surface area contributed by atoms with E-state index in [2.05, 4.69) is 28.3 Å². The van der Waals surface area contributed by atoms with Crippen molar-refractivity contribution < 1.29 is 9.53 Å². The summed E-state index contributed by atoms with van der Waals surface area (Å²) in [6.07, 6.45) is 6.39. The van der Waals surface area contributed by atoms with Crippen LogP contribution in [0.3, 0.4) is 0 Å². The van der Waals surface area contributed by atoms with Crippen LogP contribution in [0.2, 0.25) is 0 Å². The average molecular weight is 341 g/mol. The van der Waals surface area contributed by atoms with Crippen molar-refractivity contribution in [2.45, 2.75) is 32.7 Å². The molecule has 1 aliphatic rings. The first-order valence-corrected chi connectivity index (χ1v) is 9.02. The van der Waals surface area contributed by atoms with Crippen molar-refractivity contribution in [3.8, 4) is 0 Å². The van der Waals surface area contributed by atoms with Gasteiger partial charge in [-0.2, -0.15) is 5.10 Å². The van der Waals surface area contributed by atoms with Gasteiger partial charge in [0.1, 0.15) is 0 Å². The fourth-order valence-corrected chi connectivity index (χ4v) is 3.67. The molecular weight excluding hydrogens is 314 g/mol. The fourth-order valence-electron chi connectivity index (χ4n) is 3.67. The van der Waals surface area contributed by atoms with Crippen LogP contribution in [0.5, 0.6) is 0 Å². The maximum atomic E-state index is 12.7. The Balaban J connectivity index is 1.68. The number of aromatic nitrogens is 2. The van der Waals surface area contributed by atoms with Crippen molar-refractivity contribution in [3.05, 3.63) is 53.9 Å². The third-order valence-electron chi connectivity index (χ3n) is 5.07. The van der Waals surface area contributed by atoms with E-state index in [1.165, 1.54) is 11.1 Å². The number of aryl methyl sites for hydroxylation is 1. The number of likely N-dealkylation sites (tertiary alicyclic amines) is 1. The quantitative estimate of drug-likeness (QED) is 0.758. The second-order valence-corrected chi connectivity index (χ2v) is 6.96. The first-order chi connectivity index (χ1) is 12.1. The number of hydrogen-bond acceptors (Lipinski definition) is 4. The largest absolute Gasteiger partial charge is 0.466 e. The third-order valence-corrected chi connectivity index (χ3v) is 5.07. The standard InChI is InChI=1S/C20H27N3O2/c1-3-25-19(24)20(13-17-7-5-4-6-8-17)9-11-23(12-10-20)16-18-14-21-22(2)15-18/h4-8,14-15H,3,9-13,16H2,1-2H3. The lowest BCUT2D eigenvalue weighted by molar-refractivity contribution is -0.158. The van der Waals surface area contributed by atoms with Gasteiger partial charge in [-0.15, -0.1) is 0 Å². The molecule has 0 spiro atoms. The first kappa shape index (κ1) is 17.7. The summed E-state index contributed by atoms with van der Waals surface area (Å²) in [7, 11) is 1.94. The molecular formula is C20H27N3O2. The van der Waals surface area contributed by atoms with E-state index in [0.29, 0.717) is 6.61 Å². The molecule has 0 amide bonds. The highest BCUT2D eigenvalue weighted by molar-refractivity contribution is 5.77. The molecule has 2 heterocycles. The van der Waals surface area contributed by atoms with Crippen LogP contribution in [-0.4, -0.2) is 40.3 Å². The van der Waals surface area contributed by atoms with Crippen molar-refractivity contribution in [2.75, 3.05) is 19.7 Å². The maximum Gasteiger partial charge on any atom is 0.312 e. The molecule has 0 aliphatic carbocycles. The van der Waals surface area contributed by atoms with Crippen molar-refractivity contribution in [2.24, 2.45) is 12.5 Å². The van der Waals surface area contributed by atoms with Crippen molar-refractivity contribution in [3.63, 3.8) is 0 Å². The topological polar surface area (TPSA) is 47.4 Å². The Hall–Kier alpha value is -2.14. The summed E-state index contributed by atoms with van der Waals surface area (Å²) in [6.45, 7) is 5.01. The van der Waals surface area contributed by atoms with Gasteiger partial charge >= 0.3 is 5.97 Å². The molecule has 1 aromatic carbocycles. The van der Waals surface area contributed by atoms with E-state index in [1.54, 1.807) is 0 Å². The number of nitrogens with zero attached hydrogens (tertiary/aromatic N) is 3. The number of piperidine rings is 1. The van der Waals surface area contributed by atoms with Gasteiger partial charge in [0, 0.05) is 25.4 Å². The van der Waals surface area contributed by atoms with Gasteiger partial charge in [0.15, 0.2) is 0 Å². The highest BCUT2D eigenvalue weighted by atomic mass is 16.5. The highest BCUT2D eigenvalue weighted by Gasteiger charge is 2.42. The molecule has 1 saturated heterocycles. The molecule has 1 aliphatic heterocycles. The Labute approximate surface area is 149 Å². The molecule has 0 bridgehead atoms. The number of rotatable bonds is 6. The van der Waals surface area contributed by atoms with E-state index in [-0.39, 0.29) is 5.97 Å². The van der Waals surface area contributed by atoms with E-state index in [9.17, 15) is 4.79 Å². The predicted molar refractivity (Wildman–Crippen MR) is 96.9 cm³/mol. The normalized spacial score (nSPS) is 17.4. The minimum atomic E-state index is -0.400. The molecule has 0 N–H and O–H groups in total. The molecule has 0 unspecified atom stereocenters. The molecule has 25 heavy (non-hydrogen) atoms. The van der Waals surface area contributed by atoms with Crippen molar-refractivity contribution >= 4 is 5.97 Å². The van der Waals surface area contributed by atoms with Gasteiger partial charge in [0.2, 0.25) is 0 Å². The number of carbonyl (C=O) groups excluding carboxylic acids is 1. The molecule has 5 heteroatoms. The van der Waals surface area contributed by atoms with Gasteiger partial charge in [-0.3, -0.25) is 14.4 Å². The Morgan fingerprint density at radius 3 is 2.52 bits per heavy atom. The Morgan fingerprint density at radius 1 is 1.20 bits per heavy atom. The van der Waals surface area contributed by atoms with Gasteiger partial charge in [-0.1, -0.05) is 30.3 Å². The van der Waals surface area contributed by atoms with Crippen LogP contribution in [-0.2, 0) is 29.5 Å². The van der Waals surface area contributed by atoms with Crippen LogP contribution in [0.25, 0.3) is 0 Å². The SMILES string of the molecule is CCOC(=O)C1(Cc2ccccc2)CCN(Cc2cnn(C)c2)CC1. The van der Waals surface area contributed by atoms with Crippen molar-refractivity contribution in [1.29, 1.82) is 0 Å². The smallest absolute Gasteiger partial charge is 0.312 e. The zero-order valence-electron chi connectivity index (χ0n) is 15.1. The maximum absolute atomic E-state index is 12.7. The van der Waals surface area contributed by atoms with Crippen LogP contribution in [0.15, 0.2) is 42.7 Å². The predicted octanol–water partition coefficient (Wildman–Crippen LogP) is 2.81. The molecule has 0 radical (unpaired) electrons. The summed E-state index contributed by atoms with van der Waals surface area (Å²) in [6, 6.07) is 10.3. The van der Waals surface area contributed by atoms with Crippen LogP contribution < -0.4 is 0 Å². The minimum Gasteiger partial charge on any atom is -0.466 e. The third kappa shape index (κ3) is 4.28. The zero-order chi connectivity index (χ0) is 17.7. The molecule has 5 nitrogen and oxygen atoms in total. The van der Waals surface area contributed by atoms with E-state index < -0.39 is 5.41 Å². The lowest BCUT2D eigenvalue weighted by Crippen LogP contribution is -2.46. The number of benzene rings is 1. The van der Waals surface area contributed by atoms with Crippen molar-refractivity contribution in [1.82, 2.24) is 14.7 Å². The Kier molecular flexibility index (Phi) is 5.53. The monoisotopic (exact) mass is 341 g/mol. The van der Waals surface area contributed by atoms with Crippen LogP contribution in [0, 0.1) is 5.41 Å². The Bertz CT molecular complexity index is 688. The lowest BCUT2D eigenvalue weighted by atomic mass is 9.73. The zero-order valence-corrected chi connectivity index (χ0v) is 15.1. The van der Waals surface area contributed by atoms with Crippen LogP contribution >= 0.6 is 0 Å². The molecule has 0 atom stereocenters. The number of hydrogen-bond donors (Lipinski definition) is 0. The van der Waals surface area contributed by atoms with E-state index in [4.69, 9.17) is 4.74 Å². The summed E-state index contributed by atoms with van der Waals surface area (Å²) in [5, 5.41) is 4.24. The molecule has 3 rings (SSSR count).